The molecule has 0 amide bonds. The van der Waals surface area contributed by atoms with Crippen LogP contribution in [0.2, 0.25) is 0 Å². The first-order valence-electron chi connectivity index (χ1n) is 2.82. The van der Waals surface area contributed by atoms with Gasteiger partial charge in [-0.1, -0.05) is 0 Å². The van der Waals surface area contributed by atoms with E-state index in [4.69, 9.17) is 0 Å². The number of pyridine rings is 1. The van der Waals surface area contributed by atoms with Crippen LogP contribution in [0, 0.1) is 7.14 Å². The summed E-state index contributed by atoms with van der Waals surface area (Å²) in [6.45, 7) is 0. The van der Waals surface area contributed by atoms with Crippen molar-refractivity contribution >= 4 is 61.1 Å². The van der Waals surface area contributed by atoms with Crippen molar-refractivity contribution in [2.45, 2.75) is 6.43 Å². The number of rotatable bonds is 1. The Morgan fingerprint density at radius 1 is 1.33 bits per heavy atom. The first-order valence-corrected chi connectivity index (χ1v) is 5.77. The van der Waals surface area contributed by atoms with E-state index < -0.39 is 6.43 Å². The van der Waals surface area contributed by atoms with Crippen molar-refractivity contribution in [2.75, 3.05) is 0 Å². The second kappa shape index (κ2) is 4.45. The van der Waals surface area contributed by atoms with Gasteiger partial charge in [-0.3, -0.25) is 0 Å². The molecule has 0 aliphatic heterocycles. The number of halogens is 5. The smallest absolute Gasteiger partial charge is 0.238 e. The average Bonchev–Trinajstić information content (AvgIpc) is 1.96. The summed E-state index contributed by atoms with van der Waals surface area (Å²) in [5.74, 6) is 0. The first kappa shape index (κ1) is 11.0. The van der Waals surface area contributed by atoms with Gasteiger partial charge in [0.2, 0.25) is 0 Å². The summed E-state index contributed by atoms with van der Waals surface area (Å²) in [5, 5.41) is 0. The average molecular weight is 460 g/mol. The molecule has 1 rings (SSSR count). The molecular formula is C6H2BrF2I2N. The van der Waals surface area contributed by atoms with Crippen LogP contribution in [0.4, 0.5) is 8.78 Å². The molecule has 6 heteroatoms. The van der Waals surface area contributed by atoms with Gasteiger partial charge in [-0.2, -0.15) is 0 Å². The fourth-order valence-corrected chi connectivity index (χ4v) is 2.61. The zero-order valence-electron chi connectivity index (χ0n) is 5.49. The van der Waals surface area contributed by atoms with E-state index >= 15 is 0 Å². The summed E-state index contributed by atoms with van der Waals surface area (Å²) in [6, 6.07) is 1.67. The van der Waals surface area contributed by atoms with Gasteiger partial charge in [-0.15, -0.1) is 0 Å². The van der Waals surface area contributed by atoms with Crippen molar-refractivity contribution in [1.29, 1.82) is 0 Å². The highest BCUT2D eigenvalue weighted by molar-refractivity contribution is 14.1. The number of nitrogens with zero attached hydrogens (tertiary/aromatic N) is 1. The molecule has 1 aromatic rings. The SMILES string of the molecule is FC(F)c1nc(Br)c(I)cc1I. The summed E-state index contributed by atoms with van der Waals surface area (Å²) in [6.07, 6.45) is -2.51. The van der Waals surface area contributed by atoms with E-state index in [-0.39, 0.29) is 5.69 Å². The van der Waals surface area contributed by atoms with Crippen molar-refractivity contribution in [3.05, 3.63) is 23.5 Å². The number of hydrogen-bond acceptors (Lipinski definition) is 1. The second-order valence-corrected chi connectivity index (χ2v) is 5.00. The molecule has 0 unspecified atom stereocenters. The summed E-state index contributed by atoms with van der Waals surface area (Å²) in [5.41, 5.74) is -0.164. The lowest BCUT2D eigenvalue weighted by Crippen LogP contribution is -1.96. The topological polar surface area (TPSA) is 12.9 Å². The molecule has 0 radical (unpaired) electrons. The standard InChI is InChI=1S/C6H2BrF2I2N/c7-5-3(11)1-2(10)4(12-5)6(8)9/h1,6H. The van der Waals surface area contributed by atoms with Crippen LogP contribution in [0.15, 0.2) is 10.7 Å². The predicted molar refractivity (Wildman–Crippen MR) is 62.3 cm³/mol. The molecule has 1 nitrogen and oxygen atoms in total. The van der Waals surface area contributed by atoms with Crippen LogP contribution < -0.4 is 0 Å². The Morgan fingerprint density at radius 2 is 1.92 bits per heavy atom. The highest BCUT2D eigenvalue weighted by atomic mass is 127. The zero-order valence-corrected chi connectivity index (χ0v) is 11.4. The lowest BCUT2D eigenvalue weighted by molar-refractivity contribution is 0.145. The highest BCUT2D eigenvalue weighted by Crippen LogP contribution is 2.27. The molecule has 0 N–H and O–H groups in total. The summed E-state index contributed by atoms with van der Waals surface area (Å²) in [7, 11) is 0. The van der Waals surface area contributed by atoms with Crippen LogP contribution in [0.1, 0.15) is 12.1 Å². The van der Waals surface area contributed by atoms with E-state index in [1.54, 1.807) is 6.07 Å². The van der Waals surface area contributed by atoms with Crippen molar-refractivity contribution in [1.82, 2.24) is 4.98 Å². The fourth-order valence-electron chi connectivity index (χ4n) is 0.610. The molecule has 1 aromatic heterocycles. The van der Waals surface area contributed by atoms with Crippen LogP contribution in [0.5, 0.6) is 0 Å². The Hall–Kier alpha value is 0.950. The Kier molecular flexibility index (Phi) is 4.09. The zero-order chi connectivity index (χ0) is 9.30. The van der Waals surface area contributed by atoms with Crippen LogP contribution in [-0.2, 0) is 0 Å². The normalized spacial score (nSPS) is 10.8. The molecule has 0 aliphatic rings. The summed E-state index contributed by atoms with van der Waals surface area (Å²) in [4.78, 5) is 3.72. The Labute approximate surface area is 104 Å². The molecule has 0 spiro atoms. The molecule has 66 valence electrons. The minimum absolute atomic E-state index is 0.164. The van der Waals surface area contributed by atoms with Gasteiger partial charge in [0.05, 0.1) is 0 Å². The van der Waals surface area contributed by atoms with E-state index in [0.29, 0.717) is 8.17 Å². The van der Waals surface area contributed by atoms with Crippen LogP contribution in [0.3, 0.4) is 0 Å². The van der Waals surface area contributed by atoms with Crippen LogP contribution >= 0.6 is 61.1 Å². The Balaban J connectivity index is 3.23. The Bertz CT molecular complexity index is 306. The maximum atomic E-state index is 12.2. The van der Waals surface area contributed by atoms with Crippen molar-refractivity contribution in [3.8, 4) is 0 Å². The van der Waals surface area contributed by atoms with Gasteiger partial charge in [-0.25, -0.2) is 13.8 Å². The van der Waals surface area contributed by atoms with Crippen molar-refractivity contribution < 1.29 is 8.78 Å². The molecule has 12 heavy (non-hydrogen) atoms. The van der Waals surface area contributed by atoms with Gasteiger partial charge < -0.3 is 0 Å². The first-order chi connectivity index (χ1) is 5.52. The third-order valence-electron chi connectivity index (χ3n) is 1.12. The number of aromatic nitrogens is 1. The third kappa shape index (κ3) is 2.47. The van der Waals surface area contributed by atoms with Crippen LogP contribution in [-0.4, -0.2) is 4.98 Å². The monoisotopic (exact) mass is 459 g/mol. The lowest BCUT2D eigenvalue weighted by atomic mass is 10.4. The van der Waals surface area contributed by atoms with Crippen molar-refractivity contribution in [3.63, 3.8) is 0 Å². The quantitative estimate of drug-likeness (QED) is 0.457. The highest BCUT2D eigenvalue weighted by Gasteiger charge is 2.15. The van der Waals surface area contributed by atoms with E-state index in [2.05, 4.69) is 20.9 Å². The maximum Gasteiger partial charge on any atom is 0.281 e. The maximum absolute atomic E-state index is 12.2. The number of alkyl halides is 2. The molecule has 0 saturated heterocycles. The lowest BCUT2D eigenvalue weighted by Gasteiger charge is -2.03. The van der Waals surface area contributed by atoms with E-state index in [9.17, 15) is 8.78 Å². The molecule has 0 atom stereocenters. The van der Waals surface area contributed by atoms with Gasteiger partial charge in [0.15, 0.2) is 0 Å². The fraction of sp³-hybridized carbons (Fsp3) is 0.167. The van der Waals surface area contributed by atoms with Gasteiger partial charge in [-0.05, 0) is 67.2 Å². The Morgan fingerprint density at radius 3 is 2.42 bits per heavy atom. The molecule has 0 fully saturated rings. The molecule has 1 heterocycles. The molecular weight excluding hydrogens is 458 g/mol. The molecule has 0 aromatic carbocycles. The van der Waals surface area contributed by atoms with Gasteiger partial charge in [0.1, 0.15) is 10.3 Å². The summed E-state index contributed by atoms with van der Waals surface area (Å²) < 4.78 is 26.3. The third-order valence-corrected chi connectivity index (χ3v) is 4.15. The van der Waals surface area contributed by atoms with E-state index in [1.807, 2.05) is 45.2 Å². The van der Waals surface area contributed by atoms with Crippen LogP contribution in [0.25, 0.3) is 0 Å². The van der Waals surface area contributed by atoms with Gasteiger partial charge >= 0.3 is 0 Å². The van der Waals surface area contributed by atoms with E-state index in [0.717, 1.165) is 3.57 Å². The summed E-state index contributed by atoms with van der Waals surface area (Å²) >= 11 is 6.97. The number of hydrogen-bond donors (Lipinski definition) is 0. The molecule has 0 bridgehead atoms. The molecule has 0 saturated carbocycles. The predicted octanol–water partition coefficient (Wildman–Crippen LogP) is 3.99. The van der Waals surface area contributed by atoms with E-state index in [1.165, 1.54) is 0 Å². The van der Waals surface area contributed by atoms with Crippen molar-refractivity contribution in [2.24, 2.45) is 0 Å². The minimum Gasteiger partial charge on any atom is -0.238 e. The minimum atomic E-state index is -2.51. The molecule has 0 aliphatic carbocycles. The largest absolute Gasteiger partial charge is 0.281 e. The van der Waals surface area contributed by atoms with Gasteiger partial charge in [0, 0.05) is 7.14 Å². The van der Waals surface area contributed by atoms with Gasteiger partial charge in [0.25, 0.3) is 6.43 Å². The second-order valence-electron chi connectivity index (χ2n) is 1.93.